The monoisotopic (exact) mass is 387 g/mol. The minimum atomic E-state index is 0.422. The molecular weight excluding hydrogens is 354 g/mol. The van der Waals surface area contributed by atoms with Crippen LogP contribution in [0.3, 0.4) is 0 Å². The lowest BCUT2D eigenvalue weighted by atomic mass is 9.71. The van der Waals surface area contributed by atoms with E-state index in [4.69, 9.17) is 4.98 Å². The molecule has 1 N–H and O–H groups in total. The molecule has 29 heavy (non-hydrogen) atoms. The Kier molecular flexibility index (Phi) is 5.84. The van der Waals surface area contributed by atoms with Crippen LogP contribution in [0, 0.1) is 11.3 Å². The zero-order valence-electron chi connectivity index (χ0n) is 18.0. The van der Waals surface area contributed by atoms with Gasteiger partial charge in [0.25, 0.3) is 0 Å². The van der Waals surface area contributed by atoms with Crippen LogP contribution in [0.4, 0.5) is 5.82 Å². The van der Waals surface area contributed by atoms with Crippen LogP contribution < -0.4 is 5.32 Å². The van der Waals surface area contributed by atoms with Gasteiger partial charge in [0.2, 0.25) is 0 Å². The van der Waals surface area contributed by atoms with E-state index in [2.05, 4.69) is 67.6 Å². The maximum atomic E-state index is 4.85. The fraction of sp³-hybridized carbons (Fsp3) is 0.462. The number of nitrogens with one attached hydrogen (secondary N) is 1. The molecule has 2 aromatic heterocycles. The Hall–Kier alpha value is -2.42. The van der Waals surface area contributed by atoms with Crippen LogP contribution in [0.15, 0.2) is 55.0 Å². The molecule has 2 heterocycles. The first-order valence-corrected chi connectivity index (χ1v) is 11.0. The van der Waals surface area contributed by atoms with E-state index in [0.29, 0.717) is 11.5 Å². The van der Waals surface area contributed by atoms with Gasteiger partial charge in [0, 0.05) is 30.0 Å². The maximum Gasteiger partial charge on any atom is 0.134 e. The third-order valence-electron chi connectivity index (χ3n) is 6.58. The third kappa shape index (κ3) is 4.77. The van der Waals surface area contributed by atoms with Crippen LogP contribution in [-0.4, -0.2) is 16.0 Å². The molecule has 0 amide bonds. The van der Waals surface area contributed by atoms with Crippen LogP contribution >= 0.6 is 0 Å². The van der Waals surface area contributed by atoms with Gasteiger partial charge in [-0.15, -0.1) is 0 Å². The van der Waals surface area contributed by atoms with E-state index in [9.17, 15) is 0 Å². The molecule has 0 radical (unpaired) electrons. The molecule has 1 aromatic carbocycles. The van der Waals surface area contributed by atoms with Crippen LogP contribution in [-0.2, 0) is 12.8 Å². The molecule has 152 valence electrons. The molecule has 0 spiro atoms. The Morgan fingerprint density at radius 3 is 2.34 bits per heavy atom. The molecule has 0 saturated heterocycles. The van der Waals surface area contributed by atoms with Crippen LogP contribution in [0.2, 0.25) is 0 Å². The summed E-state index contributed by atoms with van der Waals surface area (Å²) in [5.74, 6) is 1.88. The molecule has 1 saturated carbocycles. The molecule has 3 nitrogen and oxygen atoms in total. The largest absolute Gasteiger partial charge is 0.367 e. The van der Waals surface area contributed by atoms with E-state index in [-0.39, 0.29) is 0 Å². The van der Waals surface area contributed by atoms with Gasteiger partial charge in [-0.2, -0.15) is 0 Å². The second kappa shape index (κ2) is 8.52. The van der Waals surface area contributed by atoms with Gasteiger partial charge in [-0.25, -0.2) is 4.98 Å². The highest BCUT2D eigenvalue weighted by atomic mass is 15.0. The summed E-state index contributed by atoms with van der Waals surface area (Å²) in [6, 6.07) is 13.4. The Morgan fingerprint density at radius 2 is 1.66 bits per heavy atom. The van der Waals surface area contributed by atoms with E-state index >= 15 is 0 Å². The molecule has 3 aromatic rings. The second-order valence-electron chi connectivity index (χ2n) is 9.60. The SMILES string of the molecule is CC(C)(C)[C@H]1CC[C@@H](Nc2ncc(CCc3cccnc3)c3ccccc23)CC1. The molecule has 1 fully saturated rings. The summed E-state index contributed by atoms with van der Waals surface area (Å²) in [6.07, 6.45) is 12.9. The highest BCUT2D eigenvalue weighted by Gasteiger charge is 2.29. The number of hydrogen-bond donors (Lipinski definition) is 1. The van der Waals surface area contributed by atoms with Gasteiger partial charge in [0.05, 0.1) is 0 Å². The summed E-state index contributed by atoms with van der Waals surface area (Å²) >= 11 is 0. The molecule has 0 unspecified atom stereocenters. The number of nitrogens with zero attached hydrogens (tertiary/aromatic N) is 2. The van der Waals surface area contributed by atoms with Crippen LogP contribution in [0.5, 0.6) is 0 Å². The average molecular weight is 388 g/mol. The number of anilines is 1. The zero-order valence-corrected chi connectivity index (χ0v) is 18.0. The Labute approximate surface area is 175 Å². The number of benzene rings is 1. The van der Waals surface area contributed by atoms with E-state index in [1.54, 1.807) is 0 Å². The van der Waals surface area contributed by atoms with Gasteiger partial charge in [0.1, 0.15) is 5.82 Å². The molecule has 1 aliphatic rings. The predicted molar refractivity (Wildman–Crippen MR) is 122 cm³/mol. The van der Waals surface area contributed by atoms with Crippen LogP contribution in [0.1, 0.15) is 57.6 Å². The van der Waals surface area contributed by atoms with Crippen molar-refractivity contribution in [1.82, 2.24) is 9.97 Å². The standard InChI is InChI=1S/C26H33N3/c1-26(2,3)21-12-14-22(15-13-21)29-25-24-9-5-4-8-23(24)20(18-28-25)11-10-19-7-6-16-27-17-19/h4-9,16-18,21-22H,10-15H2,1-3H3,(H,28,29)/t21-,22+. The van der Waals surface area contributed by atoms with Crippen molar-refractivity contribution in [3.05, 3.63) is 66.1 Å². The minimum absolute atomic E-state index is 0.422. The summed E-state index contributed by atoms with van der Waals surface area (Å²) in [5, 5.41) is 6.34. The summed E-state index contributed by atoms with van der Waals surface area (Å²) in [7, 11) is 0. The fourth-order valence-electron chi connectivity index (χ4n) is 4.69. The maximum absolute atomic E-state index is 4.85. The first kappa shape index (κ1) is 19.9. The highest BCUT2D eigenvalue weighted by Crippen LogP contribution is 2.38. The minimum Gasteiger partial charge on any atom is -0.367 e. The van der Waals surface area contributed by atoms with E-state index in [1.165, 1.54) is 47.6 Å². The van der Waals surface area contributed by atoms with Gasteiger partial charge in [-0.05, 0) is 72.4 Å². The first-order valence-electron chi connectivity index (χ1n) is 11.0. The summed E-state index contributed by atoms with van der Waals surface area (Å²) in [5.41, 5.74) is 3.01. The Morgan fingerprint density at radius 1 is 0.897 bits per heavy atom. The van der Waals surface area contributed by atoms with Gasteiger partial charge in [-0.3, -0.25) is 4.98 Å². The highest BCUT2D eigenvalue weighted by molar-refractivity contribution is 5.94. The lowest BCUT2D eigenvalue weighted by molar-refractivity contribution is 0.173. The molecule has 0 atom stereocenters. The predicted octanol–water partition coefficient (Wildman–Crippen LogP) is 6.43. The van der Waals surface area contributed by atoms with Crippen molar-refractivity contribution in [2.45, 2.75) is 65.3 Å². The van der Waals surface area contributed by atoms with Crippen molar-refractivity contribution in [3.8, 4) is 0 Å². The molecular formula is C26H33N3. The van der Waals surface area contributed by atoms with E-state index in [1.807, 2.05) is 18.5 Å². The van der Waals surface area contributed by atoms with Crippen molar-refractivity contribution in [1.29, 1.82) is 0 Å². The Bertz CT molecular complexity index is 935. The van der Waals surface area contributed by atoms with Crippen LogP contribution in [0.25, 0.3) is 10.8 Å². The number of pyridine rings is 2. The second-order valence-corrected chi connectivity index (χ2v) is 9.60. The van der Waals surface area contributed by atoms with Crippen molar-refractivity contribution in [3.63, 3.8) is 0 Å². The summed E-state index contributed by atoms with van der Waals surface area (Å²) < 4.78 is 0. The van der Waals surface area contributed by atoms with Gasteiger partial charge < -0.3 is 5.32 Å². The smallest absolute Gasteiger partial charge is 0.134 e. The van der Waals surface area contributed by atoms with E-state index in [0.717, 1.165) is 24.6 Å². The summed E-state index contributed by atoms with van der Waals surface area (Å²) in [6.45, 7) is 7.14. The molecule has 0 bridgehead atoms. The van der Waals surface area contributed by atoms with Crippen molar-refractivity contribution >= 4 is 16.6 Å². The topological polar surface area (TPSA) is 37.8 Å². The van der Waals surface area contributed by atoms with Gasteiger partial charge in [0.15, 0.2) is 0 Å². The van der Waals surface area contributed by atoms with Crippen molar-refractivity contribution in [2.75, 3.05) is 5.32 Å². The number of rotatable bonds is 5. The number of aryl methyl sites for hydroxylation is 2. The third-order valence-corrected chi connectivity index (χ3v) is 6.58. The summed E-state index contributed by atoms with van der Waals surface area (Å²) in [4.78, 5) is 9.09. The number of aromatic nitrogens is 2. The van der Waals surface area contributed by atoms with Crippen molar-refractivity contribution in [2.24, 2.45) is 11.3 Å². The number of fused-ring (bicyclic) bond motifs is 1. The van der Waals surface area contributed by atoms with Crippen molar-refractivity contribution < 1.29 is 0 Å². The normalized spacial score (nSPS) is 20.0. The van der Waals surface area contributed by atoms with Gasteiger partial charge >= 0.3 is 0 Å². The molecule has 0 aliphatic heterocycles. The number of hydrogen-bond acceptors (Lipinski definition) is 3. The Balaban J connectivity index is 1.48. The van der Waals surface area contributed by atoms with E-state index < -0.39 is 0 Å². The van der Waals surface area contributed by atoms with Gasteiger partial charge in [-0.1, -0.05) is 51.1 Å². The molecule has 3 heteroatoms. The lowest BCUT2D eigenvalue weighted by Gasteiger charge is -2.37. The first-order chi connectivity index (χ1) is 14.0. The quantitative estimate of drug-likeness (QED) is 0.548. The lowest BCUT2D eigenvalue weighted by Crippen LogP contribution is -2.31. The average Bonchev–Trinajstić information content (AvgIpc) is 2.74. The molecule has 1 aliphatic carbocycles. The molecule has 4 rings (SSSR count). The fourth-order valence-corrected chi connectivity index (χ4v) is 4.69. The zero-order chi connectivity index (χ0) is 20.3.